The maximum Gasteiger partial charge on any atom is 0.419 e. The van der Waals surface area contributed by atoms with Crippen molar-refractivity contribution in [3.63, 3.8) is 0 Å². The standard InChI is InChI=1S/C18H14N4O3S/c1-22-14-5-4-11(7-15(14)25-18(22)24)13-10-26-16(21-13)9-20-17(23)12-3-2-6-19-8-12/h2-8,10H,9H2,1H3,(H,20,23). The molecule has 26 heavy (non-hydrogen) atoms. The van der Waals surface area contributed by atoms with Crippen LogP contribution in [0.1, 0.15) is 15.4 Å². The number of nitrogens with one attached hydrogen (secondary N) is 1. The van der Waals surface area contributed by atoms with Crippen LogP contribution in [0.4, 0.5) is 0 Å². The molecule has 4 aromatic rings. The van der Waals surface area contributed by atoms with Crippen LogP contribution in [0.15, 0.2) is 57.3 Å². The lowest BCUT2D eigenvalue weighted by Crippen LogP contribution is -2.22. The Kier molecular flexibility index (Phi) is 4.10. The first-order chi connectivity index (χ1) is 12.6. The number of carbonyl (C=O) groups excluding carboxylic acids is 1. The zero-order valence-corrected chi connectivity index (χ0v) is 14.6. The number of hydrogen-bond acceptors (Lipinski definition) is 6. The van der Waals surface area contributed by atoms with Crippen LogP contribution in [0.3, 0.4) is 0 Å². The number of pyridine rings is 1. The fourth-order valence-corrected chi connectivity index (χ4v) is 3.32. The number of benzene rings is 1. The summed E-state index contributed by atoms with van der Waals surface area (Å²) in [7, 11) is 1.67. The van der Waals surface area contributed by atoms with Crippen molar-refractivity contribution < 1.29 is 9.21 Å². The van der Waals surface area contributed by atoms with Gasteiger partial charge in [-0.25, -0.2) is 9.78 Å². The summed E-state index contributed by atoms with van der Waals surface area (Å²) < 4.78 is 6.67. The molecule has 7 nitrogen and oxygen atoms in total. The number of thiazole rings is 1. The SMILES string of the molecule is Cn1c(=O)oc2cc(-c3csc(CNC(=O)c4cccnc4)n3)ccc21. The van der Waals surface area contributed by atoms with Crippen LogP contribution in [0.5, 0.6) is 0 Å². The van der Waals surface area contributed by atoms with E-state index in [1.165, 1.54) is 22.1 Å². The quantitative estimate of drug-likeness (QED) is 0.599. The van der Waals surface area contributed by atoms with Crippen LogP contribution in [-0.4, -0.2) is 20.4 Å². The summed E-state index contributed by atoms with van der Waals surface area (Å²) in [5.74, 6) is -0.587. The molecule has 0 fully saturated rings. The highest BCUT2D eigenvalue weighted by atomic mass is 32.1. The van der Waals surface area contributed by atoms with Gasteiger partial charge < -0.3 is 9.73 Å². The summed E-state index contributed by atoms with van der Waals surface area (Å²) in [6.07, 6.45) is 3.14. The van der Waals surface area contributed by atoms with Gasteiger partial charge in [0.25, 0.3) is 5.91 Å². The highest BCUT2D eigenvalue weighted by Gasteiger charge is 2.11. The molecule has 0 aliphatic heterocycles. The Morgan fingerprint density at radius 2 is 2.23 bits per heavy atom. The molecule has 3 heterocycles. The first-order valence-corrected chi connectivity index (χ1v) is 8.72. The van der Waals surface area contributed by atoms with Crippen LogP contribution < -0.4 is 11.1 Å². The van der Waals surface area contributed by atoms with Gasteiger partial charge in [-0.2, -0.15) is 0 Å². The number of fused-ring (bicyclic) bond motifs is 1. The lowest BCUT2D eigenvalue weighted by Gasteiger charge is -2.02. The Morgan fingerprint density at radius 3 is 3.04 bits per heavy atom. The number of carbonyl (C=O) groups is 1. The summed E-state index contributed by atoms with van der Waals surface area (Å²) in [5, 5.41) is 5.52. The van der Waals surface area contributed by atoms with Gasteiger partial charge in [0.15, 0.2) is 5.58 Å². The van der Waals surface area contributed by atoms with Crippen molar-refractivity contribution in [1.29, 1.82) is 0 Å². The van der Waals surface area contributed by atoms with Crippen LogP contribution in [0, 0.1) is 0 Å². The Bertz CT molecular complexity index is 1140. The number of hydrogen-bond donors (Lipinski definition) is 1. The molecule has 1 aromatic carbocycles. The van der Waals surface area contributed by atoms with Gasteiger partial charge in [-0.1, -0.05) is 6.07 Å². The van der Waals surface area contributed by atoms with Crippen molar-refractivity contribution >= 4 is 28.3 Å². The first kappa shape index (κ1) is 16.2. The van der Waals surface area contributed by atoms with Crippen molar-refractivity contribution in [2.24, 2.45) is 7.05 Å². The molecule has 1 N–H and O–H groups in total. The van der Waals surface area contributed by atoms with Crippen molar-refractivity contribution in [1.82, 2.24) is 19.9 Å². The van der Waals surface area contributed by atoms with Gasteiger partial charge in [0, 0.05) is 30.4 Å². The molecule has 4 rings (SSSR count). The molecule has 130 valence electrons. The van der Waals surface area contributed by atoms with E-state index in [4.69, 9.17) is 4.42 Å². The summed E-state index contributed by atoms with van der Waals surface area (Å²) in [4.78, 5) is 32.1. The molecule has 3 aromatic heterocycles. The third-order valence-electron chi connectivity index (χ3n) is 3.96. The van der Waals surface area contributed by atoms with Crippen LogP contribution in [-0.2, 0) is 13.6 Å². The number of aromatic nitrogens is 3. The molecule has 0 aliphatic carbocycles. The van der Waals surface area contributed by atoms with Crippen LogP contribution in [0.25, 0.3) is 22.4 Å². The van der Waals surface area contributed by atoms with Crippen LogP contribution >= 0.6 is 11.3 Å². The second-order valence-corrected chi connectivity index (χ2v) is 6.60. The number of amides is 1. The van der Waals surface area contributed by atoms with E-state index in [0.717, 1.165) is 21.8 Å². The van der Waals surface area contributed by atoms with Crippen molar-refractivity contribution in [3.05, 3.63) is 69.2 Å². The Hall–Kier alpha value is -3.26. The average molecular weight is 366 g/mol. The molecule has 0 bridgehead atoms. The van der Waals surface area contributed by atoms with Gasteiger partial charge in [0.05, 0.1) is 23.3 Å². The fourth-order valence-electron chi connectivity index (χ4n) is 2.57. The molecule has 0 spiro atoms. The number of nitrogens with zero attached hydrogens (tertiary/aromatic N) is 3. The average Bonchev–Trinajstić information content (AvgIpc) is 3.25. The molecular formula is C18H14N4O3S. The minimum Gasteiger partial charge on any atom is -0.408 e. The first-order valence-electron chi connectivity index (χ1n) is 7.84. The fraction of sp³-hybridized carbons (Fsp3) is 0.111. The Balaban J connectivity index is 1.51. The topological polar surface area (TPSA) is 90.0 Å². The normalized spacial score (nSPS) is 11.0. The van der Waals surface area contributed by atoms with E-state index in [9.17, 15) is 9.59 Å². The zero-order valence-electron chi connectivity index (χ0n) is 13.8. The monoisotopic (exact) mass is 366 g/mol. The molecule has 8 heteroatoms. The molecule has 0 saturated heterocycles. The van der Waals surface area contributed by atoms with Gasteiger partial charge in [-0.05, 0) is 24.3 Å². The summed E-state index contributed by atoms with van der Waals surface area (Å²) >= 11 is 1.46. The molecule has 0 unspecified atom stereocenters. The maximum atomic E-state index is 12.1. The molecule has 0 atom stereocenters. The lowest BCUT2D eigenvalue weighted by atomic mass is 10.1. The molecule has 0 radical (unpaired) electrons. The minimum atomic E-state index is -0.394. The van der Waals surface area contributed by atoms with E-state index in [0.29, 0.717) is 17.7 Å². The maximum absolute atomic E-state index is 12.1. The highest BCUT2D eigenvalue weighted by Crippen LogP contribution is 2.25. The molecular weight excluding hydrogens is 352 g/mol. The van der Waals surface area contributed by atoms with Crippen molar-refractivity contribution in [2.75, 3.05) is 0 Å². The van der Waals surface area contributed by atoms with Crippen molar-refractivity contribution in [3.8, 4) is 11.3 Å². The van der Waals surface area contributed by atoms with Crippen LogP contribution in [0.2, 0.25) is 0 Å². The van der Waals surface area contributed by atoms with Gasteiger partial charge in [-0.3, -0.25) is 14.3 Å². The lowest BCUT2D eigenvalue weighted by molar-refractivity contribution is 0.0950. The van der Waals surface area contributed by atoms with E-state index in [-0.39, 0.29) is 5.91 Å². The minimum absolute atomic E-state index is 0.192. The predicted molar refractivity (Wildman–Crippen MR) is 98.0 cm³/mol. The van der Waals surface area contributed by atoms with E-state index < -0.39 is 5.76 Å². The summed E-state index contributed by atoms with van der Waals surface area (Å²) in [6.45, 7) is 0.334. The molecule has 0 saturated carbocycles. The summed E-state index contributed by atoms with van der Waals surface area (Å²) in [5.41, 5.74) is 3.39. The van der Waals surface area contributed by atoms with Crippen molar-refractivity contribution in [2.45, 2.75) is 6.54 Å². The molecule has 1 amide bonds. The summed E-state index contributed by atoms with van der Waals surface area (Å²) in [6, 6.07) is 8.94. The second-order valence-electron chi connectivity index (χ2n) is 5.66. The smallest absolute Gasteiger partial charge is 0.408 e. The number of oxazole rings is 1. The molecule has 0 aliphatic rings. The van der Waals surface area contributed by atoms with Gasteiger partial charge in [-0.15, -0.1) is 11.3 Å². The number of aryl methyl sites for hydroxylation is 1. The van der Waals surface area contributed by atoms with Gasteiger partial charge in [0.1, 0.15) is 5.01 Å². The third-order valence-corrected chi connectivity index (χ3v) is 4.81. The highest BCUT2D eigenvalue weighted by molar-refractivity contribution is 7.09. The van der Waals surface area contributed by atoms with E-state index in [2.05, 4.69) is 15.3 Å². The zero-order chi connectivity index (χ0) is 18.1. The largest absolute Gasteiger partial charge is 0.419 e. The predicted octanol–water partition coefficient (Wildman–Crippen LogP) is 2.58. The Labute approximate surface area is 151 Å². The van der Waals surface area contributed by atoms with E-state index in [1.807, 2.05) is 17.5 Å². The van der Waals surface area contributed by atoms with E-state index in [1.54, 1.807) is 31.4 Å². The number of rotatable bonds is 4. The van der Waals surface area contributed by atoms with Gasteiger partial charge in [0.2, 0.25) is 0 Å². The Morgan fingerprint density at radius 1 is 1.35 bits per heavy atom. The second kappa shape index (κ2) is 6.57. The third kappa shape index (κ3) is 3.02. The van der Waals surface area contributed by atoms with Gasteiger partial charge >= 0.3 is 5.76 Å². The van der Waals surface area contributed by atoms with E-state index >= 15 is 0 Å².